The average Bonchev–Trinajstić information content (AvgIpc) is 3.24. The fourth-order valence-corrected chi connectivity index (χ4v) is 3.71. The van der Waals surface area contributed by atoms with Crippen LogP contribution in [-0.4, -0.2) is 30.6 Å². The van der Waals surface area contributed by atoms with Gasteiger partial charge in [-0.25, -0.2) is 4.98 Å². The molecule has 168 valence electrons. The van der Waals surface area contributed by atoms with Gasteiger partial charge in [0.25, 0.3) is 5.91 Å². The SMILES string of the molecule is COc1ccccc1C(C)NC(=O)COC(=O)Cc1csc(COc2ccc(C)cc2)n1. The third-order valence-electron chi connectivity index (χ3n) is 4.66. The molecule has 0 fully saturated rings. The number of ether oxygens (including phenoxy) is 3. The van der Waals surface area contributed by atoms with Crippen LogP contribution in [0, 0.1) is 6.92 Å². The van der Waals surface area contributed by atoms with Crippen molar-refractivity contribution in [3.8, 4) is 11.5 Å². The first kappa shape index (κ1) is 23.3. The van der Waals surface area contributed by atoms with E-state index in [-0.39, 0.29) is 25.0 Å². The topological polar surface area (TPSA) is 86.8 Å². The van der Waals surface area contributed by atoms with Crippen LogP contribution in [0.1, 0.15) is 34.8 Å². The molecule has 0 aliphatic heterocycles. The summed E-state index contributed by atoms with van der Waals surface area (Å²) in [4.78, 5) is 28.7. The second-order valence-electron chi connectivity index (χ2n) is 7.20. The Morgan fingerprint density at radius 1 is 1.12 bits per heavy atom. The van der Waals surface area contributed by atoms with Crippen LogP contribution in [-0.2, 0) is 27.4 Å². The largest absolute Gasteiger partial charge is 0.496 e. The Kier molecular flexibility index (Phi) is 8.21. The van der Waals surface area contributed by atoms with E-state index in [1.807, 2.05) is 62.4 Å². The number of benzene rings is 2. The highest BCUT2D eigenvalue weighted by molar-refractivity contribution is 7.09. The van der Waals surface area contributed by atoms with Gasteiger partial charge in [-0.05, 0) is 32.0 Å². The first-order valence-electron chi connectivity index (χ1n) is 10.1. The fraction of sp³-hybridized carbons (Fsp3) is 0.292. The van der Waals surface area contributed by atoms with Gasteiger partial charge in [-0.3, -0.25) is 9.59 Å². The van der Waals surface area contributed by atoms with Gasteiger partial charge in [0.15, 0.2) is 6.61 Å². The van der Waals surface area contributed by atoms with Crippen molar-refractivity contribution >= 4 is 23.2 Å². The molecule has 1 unspecified atom stereocenters. The van der Waals surface area contributed by atoms with Gasteiger partial charge >= 0.3 is 5.97 Å². The van der Waals surface area contributed by atoms with Crippen molar-refractivity contribution in [2.45, 2.75) is 32.9 Å². The number of aryl methyl sites for hydroxylation is 1. The predicted octanol–water partition coefficient (Wildman–Crippen LogP) is 4.00. The number of methoxy groups -OCH3 is 1. The van der Waals surface area contributed by atoms with Crippen LogP contribution in [0.3, 0.4) is 0 Å². The number of carbonyl (C=O) groups excluding carboxylic acids is 2. The van der Waals surface area contributed by atoms with Gasteiger partial charge in [0, 0.05) is 10.9 Å². The van der Waals surface area contributed by atoms with E-state index in [2.05, 4.69) is 10.3 Å². The van der Waals surface area contributed by atoms with Gasteiger partial charge in [-0.15, -0.1) is 11.3 Å². The number of aromatic nitrogens is 1. The lowest BCUT2D eigenvalue weighted by molar-refractivity contribution is -0.148. The van der Waals surface area contributed by atoms with Crippen molar-refractivity contribution < 1.29 is 23.8 Å². The van der Waals surface area contributed by atoms with Crippen LogP contribution in [0.15, 0.2) is 53.9 Å². The summed E-state index contributed by atoms with van der Waals surface area (Å²) in [5, 5.41) is 5.36. The van der Waals surface area contributed by atoms with Crippen LogP contribution in [0.5, 0.6) is 11.5 Å². The Labute approximate surface area is 191 Å². The van der Waals surface area contributed by atoms with Crippen molar-refractivity contribution in [1.29, 1.82) is 0 Å². The molecule has 0 spiro atoms. The minimum absolute atomic E-state index is 0.00360. The highest BCUT2D eigenvalue weighted by atomic mass is 32.1. The molecule has 0 aliphatic rings. The van der Waals surface area contributed by atoms with Crippen molar-refractivity contribution in [1.82, 2.24) is 10.3 Å². The van der Waals surface area contributed by atoms with E-state index in [0.717, 1.165) is 21.9 Å². The van der Waals surface area contributed by atoms with E-state index >= 15 is 0 Å². The molecule has 0 saturated carbocycles. The van der Waals surface area contributed by atoms with Gasteiger partial charge in [0.1, 0.15) is 23.1 Å². The van der Waals surface area contributed by atoms with E-state index < -0.39 is 5.97 Å². The first-order valence-corrected chi connectivity index (χ1v) is 11.0. The molecule has 3 aromatic rings. The molecule has 32 heavy (non-hydrogen) atoms. The fourth-order valence-electron chi connectivity index (χ4n) is 3.01. The summed E-state index contributed by atoms with van der Waals surface area (Å²) in [5.41, 5.74) is 2.60. The zero-order chi connectivity index (χ0) is 22.9. The van der Waals surface area contributed by atoms with E-state index in [0.29, 0.717) is 18.1 Å². The molecule has 2 aromatic carbocycles. The molecule has 7 nitrogen and oxygen atoms in total. The van der Waals surface area contributed by atoms with Crippen LogP contribution < -0.4 is 14.8 Å². The van der Waals surface area contributed by atoms with Crippen molar-refractivity contribution in [3.05, 3.63) is 75.7 Å². The smallest absolute Gasteiger partial charge is 0.312 e. The lowest BCUT2D eigenvalue weighted by atomic mass is 10.1. The minimum Gasteiger partial charge on any atom is -0.496 e. The first-order chi connectivity index (χ1) is 15.4. The third kappa shape index (κ3) is 6.81. The molecule has 0 aliphatic carbocycles. The number of nitrogens with one attached hydrogen (secondary N) is 1. The van der Waals surface area contributed by atoms with Gasteiger partial charge in [0.05, 0.1) is 25.3 Å². The average molecular weight is 455 g/mol. The summed E-state index contributed by atoms with van der Waals surface area (Å²) in [6.45, 7) is 3.82. The van der Waals surface area contributed by atoms with E-state index in [9.17, 15) is 9.59 Å². The number of carbonyl (C=O) groups is 2. The molecule has 1 N–H and O–H groups in total. The van der Waals surface area contributed by atoms with Crippen LogP contribution >= 0.6 is 11.3 Å². The molecule has 8 heteroatoms. The highest BCUT2D eigenvalue weighted by Gasteiger charge is 2.16. The summed E-state index contributed by atoms with van der Waals surface area (Å²) in [6.07, 6.45) is -0.00360. The monoisotopic (exact) mass is 454 g/mol. The Hall–Kier alpha value is -3.39. The second-order valence-corrected chi connectivity index (χ2v) is 8.15. The Morgan fingerprint density at radius 2 is 1.88 bits per heavy atom. The number of rotatable bonds is 10. The maximum Gasteiger partial charge on any atom is 0.312 e. The Morgan fingerprint density at radius 3 is 2.62 bits per heavy atom. The minimum atomic E-state index is -0.513. The van der Waals surface area contributed by atoms with E-state index in [1.165, 1.54) is 11.3 Å². The van der Waals surface area contributed by atoms with Gasteiger partial charge < -0.3 is 19.5 Å². The number of esters is 1. The molecule has 1 amide bonds. The van der Waals surface area contributed by atoms with Gasteiger partial charge in [-0.2, -0.15) is 0 Å². The van der Waals surface area contributed by atoms with Crippen molar-refractivity contribution in [3.63, 3.8) is 0 Å². The lowest BCUT2D eigenvalue weighted by Gasteiger charge is -2.17. The summed E-state index contributed by atoms with van der Waals surface area (Å²) in [7, 11) is 1.58. The zero-order valence-electron chi connectivity index (χ0n) is 18.3. The standard InChI is InChI=1S/C24H26N2O5S/c1-16-8-10-19(11-9-16)30-14-23-26-18(15-32-23)12-24(28)31-13-22(27)25-17(2)20-6-4-5-7-21(20)29-3/h4-11,15,17H,12-14H2,1-3H3,(H,25,27). The van der Waals surface area contributed by atoms with Crippen LogP contribution in [0.4, 0.5) is 0 Å². The van der Waals surface area contributed by atoms with Gasteiger partial charge in [0.2, 0.25) is 0 Å². The number of nitrogens with zero attached hydrogens (tertiary/aromatic N) is 1. The van der Waals surface area contributed by atoms with E-state index in [4.69, 9.17) is 14.2 Å². The third-order valence-corrected chi connectivity index (χ3v) is 5.53. The molecule has 0 bridgehead atoms. The Bertz CT molecular complexity index is 1050. The zero-order valence-corrected chi connectivity index (χ0v) is 19.1. The van der Waals surface area contributed by atoms with Crippen molar-refractivity contribution in [2.75, 3.05) is 13.7 Å². The molecular formula is C24H26N2O5S. The van der Waals surface area contributed by atoms with Crippen LogP contribution in [0.2, 0.25) is 0 Å². The van der Waals surface area contributed by atoms with Gasteiger partial charge in [-0.1, -0.05) is 35.9 Å². The predicted molar refractivity (Wildman–Crippen MR) is 122 cm³/mol. The normalized spacial score (nSPS) is 11.5. The lowest BCUT2D eigenvalue weighted by Crippen LogP contribution is -2.31. The number of amides is 1. The van der Waals surface area contributed by atoms with Crippen LogP contribution in [0.25, 0.3) is 0 Å². The van der Waals surface area contributed by atoms with E-state index in [1.54, 1.807) is 12.5 Å². The highest BCUT2D eigenvalue weighted by Crippen LogP contribution is 2.24. The summed E-state index contributed by atoms with van der Waals surface area (Å²) in [5.74, 6) is 0.548. The number of hydrogen-bond acceptors (Lipinski definition) is 7. The molecule has 1 aromatic heterocycles. The molecule has 1 atom stereocenters. The number of para-hydroxylation sites is 1. The summed E-state index contributed by atoms with van der Waals surface area (Å²) >= 11 is 1.41. The molecular weight excluding hydrogens is 428 g/mol. The quantitative estimate of drug-likeness (QED) is 0.466. The summed E-state index contributed by atoms with van der Waals surface area (Å²) < 4.78 is 16.1. The molecule has 0 saturated heterocycles. The molecule has 1 heterocycles. The second kappa shape index (κ2) is 11.3. The summed E-state index contributed by atoms with van der Waals surface area (Å²) in [6, 6.07) is 14.9. The molecule has 0 radical (unpaired) electrons. The van der Waals surface area contributed by atoms with Crippen molar-refractivity contribution in [2.24, 2.45) is 0 Å². The Balaban J connectivity index is 1.41. The number of thiazole rings is 1. The number of hydrogen-bond donors (Lipinski definition) is 1. The maximum absolute atomic E-state index is 12.2. The molecule has 3 rings (SSSR count). The maximum atomic E-state index is 12.2.